The molecule has 370 valence electrons. The van der Waals surface area contributed by atoms with E-state index in [0.717, 1.165) is 12.2 Å². The Balaban J connectivity index is 3.07. The van der Waals surface area contributed by atoms with Crippen LogP contribution in [0.5, 0.6) is 0 Å². The zero-order chi connectivity index (χ0) is 50.5. The van der Waals surface area contributed by atoms with Gasteiger partial charge in [0, 0.05) is 13.1 Å². The van der Waals surface area contributed by atoms with Gasteiger partial charge in [0.2, 0.25) is 47.3 Å². The minimum atomic E-state index is -3.95. The monoisotopic (exact) mass is 957 g/mol. The SMILES string of the molecule is CC(OP(C)(=O)OC[C@H](NC(=O)C(CCC(=O)O)NC(=O)CNC(=O)[C@@H](N)Cc1ccccc1)C(=O)N[C@@H](C)C(=O)NCC(=O)N[C@@H](C)C(=O)N[C@@H](C)C(=O)N[C@@H](CO)C(=O)O)C(C)(C)C. The Hall–Kier alpha value is -6.01. The van der Waals surface area contributed by atoms with Crippen molar-refractivity contribution in [2.75, 3.05) is 33.0 Å². The zero-order valence-corrected chi connectivity index (χ0v) is 39.0. The lowest BCUT2D eigenvalue weighted by Crippen LogP contribution is -2.58. The first-order valence-electron chi connectivity index (χ1n) is 20.7. The molecule has 0 heterocycles. The number of nitrogens with two attached hydrogens (primary N) is 1. The van der Waals surface area contributed by atoms with Gasteiger partial charge in [-0.05, 0) is 51.5 Å². The quantitative estimate of drug-likeness (QED) is 0.0372. The van der Waals surface area contributed by atoms with Gasteiger partial charge in [-0.15, -0.1) is 0 Å². The molecule has 0 saturated carbocycles. The van der Waals surface area contributed by atoms with Gasteiger partial charge in [0.1, 0.15) is 36.3 Å². The van der Waals surface area contributed by atoms with Crippen molar-refractivity contribution in [3.05, 3.63) is 35.9 Å². The van der Waals surface area contributed by atoms with Gasteiger partial charge in [0.05, 0.1) is 38.4 Å². The van der Waals surface area contributed by atoms with Crippen molar-refractivity contribution < 1.29 is 76.9 Å². The summed E-state index contributed by atoms with van der Waals surface area (Å²) in [5.41, 5.74) is 6.23. The van der Waals surface area contributed by atoms with Gasteiger partial charge in [-0.2, -0.15) is 0 Å². The van der Waals surface area contributed by atoms with E-state index in [2.05, 4.69) is 37.2 Å². The Kier molecular flexibility index (Phi) is 24.1. The molecule has 0 bridgehead atoms. The van der Waals surface area contributed by atoms with E-state index < -0.39 is 160 Å². The number of aliphatic hydroxyl groups is 1. The highest BCUT2D eigenvalue weighted by Crippen LogP contribution is 2.47. The van der Waals surface area contributed by atoms with Crippen molar-refractivity contribution in [1.82, 2.24) is 42.5 Å². The molecule has 0 aliphatic heterocycles. The normalized spacial score (nSPS) is 15.8. The van der Waals surface area contributed by atoms with Crippen LogP contribution in [-0.2, 0) is 68.0 Å². The number of carbonyl (C=O) groups excluding carboxylic acids is 8. The average Bonchev–Trinajstić information content (AvgIpc) is 3.22. The largest absolute Gasteiger partial charge is 0.481 e. The van der Waals surface area contributed by atoms with E-state index in [1.54, 1.807) is 37.3 Å². The summed E-state index contributed by atoms with van der Waals surface area (Å²) >= 11 is 0. The van der Waals surface area contributed by atoms with Crippen LogP contribution in [0, 0.1) is 5.41 Å². The number of carbonyl (C=O) groups is 10. The van der Waals surface area contributed by atoms with Crippen LogP contribution in [0.4, 0.5) is 0 Å². The number of hydrogen-bond donors (Lipinski definition) is 12. The highest BCUT2D eigenvalue weighted by atomic mass is 31.2. The molecule has 9 atom stereocenters. The van der Waals surface area contributed by atoms with E-state index in [0.29, 0.717) is 0 Å². The number of aliphatic carboxylic acids is 2. The molecule has 66 heavy (non-hydrogen) atoms. The second kappa shape index (κ2) is 27.5. The summed E-state index contributed by atoms with van der Waals surface area (Å²) < 4.78 is 24.5. The minimum absolute atomic E-state index is 0.154. The molecule has 0 aromatic heterocycles. The van der Waals surface area contributed by atoms with E-state index in [-0.39, 0.29) is 6.42 Å². The van der Waals surface area contributed by atoms with Crippen molar-refractivity contribution in [1.29, 1.82) is 0 Å². The molecule has 0 fully saturated rings. The Morgan fingerprint density at radius 2 is 1.15 bits per heavy atom. The third-order valence-corrected chi connectivity index (χ3v) is 10.8. The van der Waals surface area contributed by atoms with Gasteiger partial charge in [-0.3, -0.25) is 47.7 Å². The van der Waals surface area contributed by atoms with Crippen molar-refractivity contribution >= 4 is 66.8 Å². The number of hydrogen-bond acceptors (Lipinski definition) is 15. The molecular formula is C40H64N9O16P. The molecule has 26 heteroatoms. The molecule has 25 nitrogen and oxygen atoms in total. The summed E-state index contributed by atoms with van der Waals surface area (Å²) in [6.07, 6.45) is -1.59. The number of amides is 8. The maximum absolute atomic E-state index is 13.6. The van der Waals surface area contributed by atoms with Gasteiger partial charge in [-0.25, -0.2) is 4.79 Å². The summed E-state index contributed by atoms with van der Waals surface area (Å²) in [6, 6.07) is -1.18. The predicted molar refractivity (Wildman–Crippen MR) is 234 cm³/mol. The summed E-state index contributed by atoms with van der Waals surface area (Å²) in [5.74, 6) is -10.3. The molecule has 0 spiro atoms. The Morgan fingerprint density at radius 1 is 0.667 bits per heavy atom. The number of nitrogens with one attached hydrogen (secondary N) is 8. The van der Waals surface area contributed by atoms with Crippen LogP contribution in [0.25, 0.3) is 0 Å². The topological polar surface area (TPSA) is 389 Å². The molecule has 1 aromatic rings. The summed E-state index contributed by atoms with van der Waals surface area (Å²) in [5, 5.41) is 45.5. The van der Waals surface area contributed by atoms with E-state index in [1.807, 2.05) is 26.1 Å². The second-order valence-electron chi connectivity index (χ2n) is 16.4. The first-order chi connectivity index (χ1) is 30.6. The van der Waals surface area contributed by atoms with Crippen LogP contribution in [0.3, 0.4) is 0 Å². The third kappa shape index (κ3) is 22.3. The fourth-order valence-corrected chi connectivity index (χ4v) is 6.50. The molecule has 0 aliphatic carbocycles. The molecule has 0 aliphatic rings. The Labute approximate surface area is 381 Å². The zero-order valence-electron chi connectivity index (χ0n) is 38.1. The summed E-state index contributed by atoms with van der Waals surface area (Å²) in [4.78, 5) is 126. The van der Waals surface area contributed by atoms with Gasteiger partial charge >= 0.3 is 19.5 Å². The molecular weight excluding hydrogens is 893 g/mol. The summed E-state index contributed by atoms with van der Waals surface area (Å²) in [6.45, 7) is 8.75. The fourth-order valence-electron chi connectivity index (χ4n) is 5.13. The number of aliphatic hydroxyl groups excluding tert-OH is 1. The highest BCUT2D eigenvalue weighted by molar-refractivity contribution is 7.53. The van der Waals surface area contributed by atoms with Crippen molar-refractivity contribution in [3.63, 3.8) is 0 Å². The van der Waals surface area contributed by atoms with Crippen molar-refractivity contribution in [2.24, 2.45) is 11.1 Å². The smallest absolute Gasteiger partial charge is 0.328 e. The van der Waals surface area contributed by atoms with E-state index in [1.165, 1.54) is 20.8 Å². The van der Waals surface area contributed by atoms with Crippen molar-refractivity contribution in [2.45, 2.75) is 116 Å². The van der Waals surface area contributed by atoms with Crippen LogP contribution in [0.2, 0.25) is 0 Å². The number of carboxylic acid groups (broad SMARTS) is 2. The average molecular weight is 958 g/mol. The van der Waals surface area contributed by atoms with Gasteiger partial charge in [-0.1, -0.05) is 51.1 Å². The lowest BCUT2D eigenvalue weighted by molar-refractivity contribution is -0.143. The molecule has 1 aromatic carbocycles. The molecule has 8 amide bonds. The first-order valence-corrected chi connectivity index (χ1v) is 22.7. The summed E-state index contributed by atoms with van der Waals surface area (Å²) in [7, 11) is -3.95. The number of rotatable bonds is 28. The Bertz CT molecular complexity index is 1930. The van der Waals surface area contributed by atoms with E-state index >= 15 is 0 Å². The molecule has 0 radical (unpaired) electrons. The van der Waals surface area contributed by atoms with Crippen molar-refractivity contribution in [3.8, 4) is 0 Å². The van der Waals surface area contributed by atoms with Crippen LogP contribution >= 0.6 is 7.60 Å². The third-order valence-electron chi connectivity index (χ3n) is 9.53. The van der Waals surface area contributed by atoms with Crippen LogP contribution in [-0.4, -0.2) is 156 Å². The minimum Gasteiger partial charge on any atom is -0.481 e. The molecule has 13 N–H and O–H groups in total. The lowest BCUT2D eigenvalue weighted by Gasteiger charge is -2.30. The van der Waals surface area contributed by atoms with E-state index in [9.17, 15) is 57.6 Å². The van der Waals surface area contributed by atoms with Crippen LogP contribution in [0.15, 0.2) is 30.3 Å². The van der Waals surface area contributed by atoms with Gasteiger partial charge in [0.25, 0.3) is 0 Å². The van der Waals surface area contributed by atoms with Gasteiger partial charge in [0.15, 0.2) is 0 Å². The lowest BCUT2D eigenvalue weighted by atomic mass is 9.91. The fraction of sp³-hybridized carbons (Fsp3) is 0.600. The molecule has 1 rings (SSSR count). The van der Waals surface area contributed by atoms with E-state index in [4.69, 9.17) is 25.0 Å². The predicted octanol–water partition coefficient (Wildman–Crippen LogP) is -3.01. The first kappa shape index (κ1) is 58.0. The van der Waals surface area contributed by atoms with Crippen LogP contribution < -0.4 is 48.3 Å². The number of carboxylic acids is 2. The van der Waals surface area contributed by atoms with Crippen LogP contribution in [0.1, 0.15) is 66.9 Å². The Morgan fingerprint density at radius 3 is 1.70 bits per heavy atom. The van der Waals surface area contributed by atoms with Gasteiger partial charge < -0.3 is 72.6 Å². The number of benzene rings is 1. The maximum Gasteiger partial charge on any atom is 0.328 e. The second-order valence-corrected chi connectivity index (χ2v) is 18.4. The maximum atomic E-state index is 13.6. The molecule has 0 saturated heterocycles. The highest BCUT2D eigenvalue weighted by Gasteiger charge is 2.34. The standard InChI is InChI=1S/C40H64N9O16P/c1-21(33(55)42-17-30(51)44-22(2)34(56)45-23(3)35(57)48-28(19-50)39(61)62)46-38(60)29(20-64-66(8,63)65-24(4)40(5,6)7)49-37(59)27(14-15-32(53)54)47-31(52)18-43-36(58)26(41)16-25-12-10-9-11-13-25/h9-13,21-24,26-29,50H,14-20,41H2,1-8H3,(H,42,55)(H,43,58)(H,44,51)(H,45,56)(H,46,60)(H,47,52)(H,48,57)(H,49,59)(H,53,54)(H,61,62)/t21-,22-,23-,24?,26-,27?,28-,29-,66?/m0/s1. The molecule has 3 unspecified atom stereocenters.